The molecule has 0 atom stereocenters. The Labute approximate surface area is 121 Å². The molecule has 0 fully saturated rings. The largest absolute Gasteiger partial charge is 0.488 e. The number of aromatic nitrogens is 1. The molecule has 0 aliphatic heterocycles. The number of rotatable bonds is 3. The molecule has 0 unspecified atom stereocenters. The summed E-state index contributed by atoms with van der Waals surface area (Å²) in [5.74, 6) is 0. The lowest BCUT2D eigenvalue weighted by Gasteiger charge is -2.36. The zero-order valence-electron chi connectivity index (χ0n) is 12.7. The zero-order chi connectivity index (χ0) is 15.1. The first kappa shape index (κ1) is 15.2. The molecule has 4 nitrogen and oxygen atoms in total. The summed E-state index contributed by atoms with van der Waals surface area (Å²) < 4.78 is 8.06. The SMILES string of the molecule is CC(C)(C)[Si](C)(C)On1ccc2cc(B(O)O)ccc21. The predicted octanol–water partition coefficient (Wildman–Crippen LogP) is 1.75. The van der Waals surface area contributed by atoms with E-state index in [-0.39, 0.29) is 5.04 Å². The van der Waals surface area contributed by atoms with Crippen LogP contribution in [0.15, 0.2) is 30.5 Å². The van der Waals surface area contributed by atoms with Crippen LogP contribution in [0.2, 0.25) is 18.1 Å². The van der Waals surface area contributed by atoms with Gasteiger partial charge in [0.25, 0.3) is 8.32 Å². The Bertz CT molecular complexity index is 616. The second kappa shape index (κ2) is 4.95. The Hall–Kier alpha value is -1.24. The van der Waals surface area contributed by atoms with E-state index in [1.165, 1.54) is 0 Å². The third kappa shape index (κ3) is 2.77. The Morgan fingerprint density at radius 2 is 1.80 bits per heavy atom. The highest BCUT2D eigenvalue weighted by Gasteiger charge is 2.40. The van der Waals surface area contributed by atoms with E-state index in [4.69, 9.17) is 4.53 Å². The molecule has 1 heterocycles. The lowest BCUT2D eigenvalue weighted by Crippen LogP contribution is -2.47. The maximum absolute atomic E-state index is 9.21. The van der Waals surface area contributed by atoms with Crippen LogP contribution in [0.3, 0.4) is 0 Å². The second-order valence-corrected chi connectivity index (χ2v) is 11.4. The number of nitrogens with zero attached hydrogens (tertiary/aromatic N) is 1. The van der Waals surface area contributed by atoms with Crippen molar-refractivity contribution in [3.05, 3.63) is 30.5 Å². The van der Waals surface area contributed by atoms with Crippen molar-refractivity contribution < 1.29 is 14.6 Å². The van der Waals surface area contributed by atoms with Crippen molar-refractivity contribution in [3.8, 4) is 0 Å². The average molecular weight is 291 g/mol. The first-order valence-electron chi connectivity index (χ1n) is 6.78. The van der Waals surface area contributed by atoms with Crippen LogP contribution in [0.1, 0.15) is 20.8 Å². The minimum Gasteiger partial charge on any atom is -0.469 e. The van der Waals surface area contributed by atoms with Gasteiger partial charge in [-0.2, -0.15) is 0 Å². The Balaban J connectivity index is 2.38. The van der Waals surface area contributed by atoms with Crippen LogP contribution in [0.5, 0.6) is 0 Å². The van der Waals surface area contributed by atoms with E-state index in [0.717, 1.165) is 10.9 Å². The van der Waals surface area contributed by atoms with Crippen LogP contribution in [0.4, 0.5) is 0 Å². The monoisotopic (exact) mass is 291 g/mol. The predicted molar refractivity (Wildman–Crippen MR) is 85.5 cm³/mol. The number of fused-ring (bicyclic) bond motifs is 1. The molecule has 20 heavy (non-hydrogen) atoms. The lowest BCUT2D eigenvalue weighted by molar-refractivity contribution is 0.263. The fourth-order valence-corrected chi connectivity index (χ4v) is 2.68. The number of hydrogen-bond donors (Lipinski definition) is 2. The summed E-state index contributed by atoms with van der Waals surface area (Å²) in [6, 6.07) is 7.26. The topological polar surface area (TPSA) is 54.6 Å². The first-order chi connectivity index (χ1) is 9.12. The molecule has 0 aliphatic rings. The maximum Gasteiger partial charge on any atom is 0.488 e. The van der Waals surface area contributed by atoms with Gasteiger partial charge in [-0.15, -0.1) is 0 Å². The third-order valence-electron chi connectivity index (χ3n) is 4.11. The normalized spacial score (nSPS) is 12.8. The van der Waals surface area contributed by atoms with Crippen molar-refractivity contribution in [1.82, 2.24) is 4.73 Å². The standard InChI is InChI=1S/C14H22BNO3Si/c1-14(2,3)20(4,5)19-16-9-8-11-10-12(15(17)18)6-7-13(11)16/h6-10,17-18H,1-5H3. The van der Waals surface area contributed by atoms with E-state index in [9.17, 15) is 10.0 Å². The molecule has 108 valence electrons. The van der Waals surface area contributed by atoms with Gasteiger partial charge < -0.3 is 14.6 Å². The van der Waals surface area contributed by atoms with E-state index >= 15 is 0 Å². The van der Waals surface area contributed by atoms with E-state index < -0.39 is 15.4 Å². The van der Waals surface area contributed by atoms with Gasteiger partial charge in [0.1, 0.15) is 0 Å². The summed E-state index contributed by atoms with van der Waals surface area (Å²) in [6.07, 6.45) is 1.89. The molecule has 6 heteroatoms. The molecule has 1 aromatic heterocycles. The van der Waals surface area contributed by atoms with Gasteiger partial charge in [0.2, 0.25) is 0 Å². The molecule has 0 spiro atoms. The Morgan fingerprint density at radius 3 is 2.35 bits per heavy atom. The molecular weight excluding hydrogens is 269 g/mol. The summed E-state index contributed by atoms with van der Waals surface area (Å²) in [7, 11) is -3.34. The zero-order valence-corrected chi connectivity index (χ0v) is 13.7. The second-order valence-electron chi connectivity index (χ2n) is 6.69. The van der Waals surface area contributed by atoms with Crippen LogP contribution in [0.25, 0.3) is 10.9 Å². The molecule has 0 aliphatic carbocycles. The molecule has 0 saturated carbocycles. The molecule has 1 aromatic carbocycles. The molecule has 0 saturated heterocycles. The molecular formula is C14H22BNO3Si. The third-order valence-corrected chi connectivity index (χ3v) is 8.37. The highest BCUT2D eigenvalue weighted by atomic mass is 28.4. The van der Waals surface area contributed by atoms with Crippen molar-refractivity contribution in [2.24, 2.45) is 0 Å². The molecule has 0 radical (unpaired) electrons. The lowest BCUT2D eigenvalue weighted by atomic mass is 9.80. The van der Waals surface area contributed by atoms with Gasteiger partial charge in [-0.05, 0) is 35.7 Å². The van der Waals surface area contributed by atoms with Crippen molar-refractivity contribution >= 4 is 31.8 Å². The van der Waals surface area contributed by atoms with Gasteiger partial charge in [-0.1, -0.05) is 32.9 Å². The Morgan fingerprint density at radius 1 is 1.15 bits per heavy atom. The van der Waals surface area contributed by atoms with Crippen LogP contribution in [-0.2, 0) is 0 Å². The van der Waals surface area contributed by atoms with Gasteiger partial charge >= 0.3 is 7.12 Å². The molecule has 0 bridgehead atoms. The maximum atomic E-state index is 9.21. The van der Waals surface area contributed by atoms with Crippen molar-refractivity contribution in [2.45, 2.75) is 38.9 Å². The molecule has 0 amide bonds. The number of hydrogen-bond acceptors (Lipinski definition) is 3. The minimum atomic E-state index is -1.90. The van der Waals surface area contributed by atoms with Gasteiger partial charge in [0.05, 0.1) is 5.52 Å². The summed E-state index contributed by atoms with van der Waals surface area (Å²) in [5, 5.41) is 19.5. The number of benzene rings is 1. The van der Waals surface area contributed by atoms with Crippen LogP contribution < -0.4 is 9.99 Å². The van der Waals surface area contributed by atoms with Crippen LogP contribution in [0, 0.1) is 0 Å². The van der Waals surface area contributed by atoms with E-state index in [2.05, 4.69) is 33.9 Å². The molecule has 2 aromatic rings. The van der Waals surface area contributed by atoms with Gasteiger partial charge in [0, 0.05) is 11.6 Å². The summed E-state index contributed by atoms with van der Waals surface area (Å²) in [5.41, 5.74) is 1.43. The van der Waals surface area contributed by atoms with Crippen molar-refractivity contribution in [1.29, 1.82) is 0 Å². The fourth-order valence-electron chi connectivity index (χ4n) is 1.76. The van der Waals surface area contributed by atoms with Crippen molar-refractivity contribution in [2.75, 3.05) is 0 Å². The van der Waals surface area contributed by atoms with E-state index in [1.807, 2.05) is 18.3 Å². The first-order valence-corrected chi connectivity index (χ1v) is 9.69. The average Bonchev–Trinajstić information content (AvgIpc) is 2.69. The molecule has 2 N–H and O–H groups in total. The van der Waals surface area contributed by atoms with Gasteiger partial charge in [-0.25, -0.2) is 4.73 Å². The summed E-state index contributed by atoms with van der Waals surface area (Å²) in [6.45, 7) is 11.0. The highest BCUT2D eigenvalue weighted by molar-refractivity contribution is 6.74. The van der Waals surface area contributed by atoms with Crippen molar-refractivity contribution in [3.63, 3.8) is 0 Å². The Kier molecular flexibility index (Phi) is 3.75. The summed E-state index contributed by atoms with van der Waals surface area (Å²) in [4.78, 5) is 0. The van der Waals surface area contributed by atoms with Crippen LogP contribution >= 0.6 is 0 Å². The van der Waals surface area contributed by atoms with Crippen LogP contribution in [-0.4, -0.2) is 30.2 Å². The minimum absolute atomic E-state index is 0.130. The van der Waals surface area contributed by atoms with Gasteiger partial charge in [-0.3, -0.25) is 0 Å². The van der Waals surface area contributed by atoms with Gasteiger partial charge in [0.15, 0.2) is 0 Å². The smallest absolute Gasteiger partial charge is 0.469 e. The van der Waals surface area contributed by atoms with E-state index in [0.29, 0.717) is 5.46 Å². The quantitative estimate of drug-likeness (QED) is 0.847. The van der Waals surface area contributed by atoms with E-state index in [1.54, 1.807) is 16.9 Å². The summed E-state index contributed by atoms with van der Waals surface area (Å²) >= 11 is 0. The molecule has 2 rings (SSSR count). The highest BCUT2D eigenvalue weighted by Crippen LogP contribution is 2.35. The fraction of sp³-hybridized carbons (Fsp3) is 0.429.